The Kier molecular flexibility index (Phi) is 5.05. The van der Waals surface area contributed by atoms with E-state index in [0.29, 0.717) is 22.0 Å². The van der Waals surface area contributed by atoms with Crippen molar-refractivity contribution in [2.24, 2.45) is 5.92 Å². The van der Waals surface area contributed by atoms with E-state index >= 15 is 0 Å². The Balaban J connectivity index is 1.46. The van der Waals surface area contributed by atoms with Crippen molar-refractivity contribution in [2.45, 2.75) is 25.3 Å². The van der Waals surface area contributed by atoms with Crippen molar-refractivity contribution in [3.8, 4) is 0 Å². The normalized spacial score (nSPS) is 18.8. The fourth-order valence-electron chi connectivity index (χ4n) is 3.29. The van der Waals surface area contributed by atoms with Crippen LogP contribution in [0.1, 0.15) is 29.6 Å². The molecule has 0 radical (unpaired) electrons. The summed E-state index contributed by atoms with van der Waals surface area (Å²) >= 11 is 6.01. The number of benzene rings is 2. The van der Waals surface area contributed by atoms with E-state index in [1.165, 1.54) is 0 Å². The molecule has 2 fully saturated rings. The monoisotopic (exact) mass is 397 g/mol. The Morgan fingerprint density at radius 2 is 1.86 bits per heavy atom. The van der Waals surface area contributed by atoms with Crippen LogP contribution in [0, 0.1) is 5.92 Å². The van der Waals surface area contributed by atoms with E-state index in [1.807, 2.05) is 0 Å². The van der Waals surface area contributed by atoms with Crippen LogP contribution >= 0.6 is 11.6 Å². The molecule has 0 spiro atoms. The Labute approximate surface area is 167 Å². The molecule has 4 rings (SSSR count). The van der Waals surface area contributed by atoms with Gasteiger partial charge in [-0.15, -0.1) is 0 Å². The highest BCUT2D eigenvalue weighted by Gasteiger charge is 2.35. The SMILES string of the molecule is O=C(NC1CC1)c1ccccc1NC(=O)[C@H]1CC(=O)N(c2cccc(Cl)c2)C1. The lowest BCUT2D eigenvalue weighted by atomic mass is 10.1. The standard InChI is InChI=1S/C21H20ClN3O3/c22-14-4-3-5-16(11-14)25-12-13(10-19(25)26)20(27)24-18-7-2-1-6-17(18)21(28)23-15-8-9-15/h1-7,11,13,15H,8-10,12H2,(H,23,28)(H,24,27)/t13-/m0/s1. The van der Waals surface area contributed by atoms with Gasteiger partial charge in [0.2, 0.25) is 11.8 Å². The van der Waals surface area contributed by atoms with Crippen molar-refractivity contribution in [3.63, 3.8) is 0 Å². The third-order valence-corrected chi connectivity index (χ3v) is 5.19. The van der Waals surface area contributed by atoms with Gasteiger partial charge in [0, 0.05) is 29.7 Å². The minimum Gasteiger partial charge on any atom is -0.349 e. The van der Waals surface area contributed by atoms with Crippen molar-refractivity contribution in [2.75, 3.05) is 16.8 Å². The predicted octanol–water partition coefficient (Wildman–Crippen LogP) is 3.22. The second-order valence-electron chi connectivity index (χ2n) is 7.17. The molecule has 1 saturated carbocycles. The van der Waals surface area contributed by atoms with Gasteiger partial charge in [-0.25, -0.2) is 0 Å². The van der Waals surface area contributed by atoms with Crippen LogP contribution in [0.25, 0.3) is 0 Å². The summed E-state index contributed by atoms with van der Waals surface area (Å²) in [6.45, 7) is 0.279. The zero-order valence-corrected chi connectivity index (χ0v) is 15.9. The molecule has 2 aliphatic rings. The highest BCUT2D eigenvalue weighted by molar-refractivity contribution is 6.31. The summed E-state index contributed by atoms with van der Waals surface area (Å²) < 4.78 is 0. The average Bonchev–Trinajstić information content (AvgIpc) is 3.40. The molecule has 6 nitrogen and oxygen atoms in total. The van der Waals surface area contributed by atoms with Gasteiger partial charge in [0.05, 0.1) is 17.2 Å². The second-order valence-corrected chi connectivity index (χ2v) is 7.60. The number of carbonyl (C=O) groups is 3. The molecule has 1 saturated heterocycles. The lowest BCUT2D eigenvalue weighted by molar-refractivity contribution is -0.122. The van der Waals surface area contributed by atoms with E-state index in [4.69, 9.17) is 11.6 Å². The number of anilines is 2. The number of nitrogens with zero attached hydrogens (tertiary/aromatic N) is 1. The van der Waals surface area contributed by atoms with Gasteiger partial charge in [-0.3, -0.25) is 14.4 Å². The first kappa shape index (κ1) is 18.5. The van der Waals surface area contributed by atoms with Crippen LogP contribution in [0.5, 0.6) is 0 Å². The summed E-state index contributed by atoms with van der Waals surface area (Å²) in [6.07, 6.45) is 2.10. The maximum absolute atomic E-state index is 12.8. The molecule has 144 valence electrons. The van der Waals surface area contributed by atoms with E-state index in [9.17, 15) is 14.4 Å². The van der Waals surface area contributed by atoms with E-state index < -0.39 is 5.92 Å². The second kappa shape index (κ2) is 7.64. The van der Waals surface area contributed by atoms with Gasteiger partial charge in [0.15, 0.2) is 0 Å². The minimum atomic E-state index is -0.494. The summed E-state index contributed by atoms with van der Waals surface area (Å²) in [7, 11) is 0. The van der Waals surface area contributed by atoms with E-state index in [1.54, 1.807) is 53.4 Å². The summed E-state index contributed by atoms with van der Waals surface area (Å²) in [5.74, 6) is -1.08. The Bertz CT molecular complexity index is 942. The average molecular weight is 398 g/mol. The molecule has 2 aromatic rings. The molecule has 0 unspecified atom stereocenters. The van der Waals surface area contributed by atoms with Crippen molar-refractivity contribution in [1.82, 2.24) is 5.32 Å². The first-order chi connectivity index (χ1) is 13.5. The molecular formula is C21H20ClN3O3. The summed E-state index contributed by atoms with van der Waals surface area (Å²) in [5.41, 5.74) is 1.56. The topological polar surface area (TPSA) is 78.5 Å². The van der Waals surface area contributed by atoms with Gasteiger partial charge in [0.1, 0.15) is 0 Å². The molecule has 7 heteroatoms. The Morgan fingerprint density at radius 1 is 1.07 bits per heavy atom. The molecule has 0 aromatic heterocycles. The largest absolute Gasteiger partial charge is 0.349 e. The number of halogens is 1. The van der Waals surface area contributed by atoms with Crippen LogP contribution in [0.3, 0.4) is 0 Å². The number of para-hydroxylation sites is 1. The molecule has 2 N–H and O–H groups in total. The van der Waals surface area contributed by atoms with Crippen molar-refractivity contribution >= 4 is 40.7 Å². The third kappa shape index (κ3) is 4.02. The van der Waals surface area contributed by atoms with Gasteiger partial charge in [-0.2, -0.15) is 0 Å². The first-order valence-corrected chi connectivity index (χ1v) is 9.66. The van der Waals surface area contributed by atoms with Gasteiger partial charge in [-0.1, -0.05) is 29.8 Å². The van der Waals surface area contributed by atoms with Crippen LogP contribution in [0.2, 0.25) is 5.02 Å². The highest BCUT2D eigenvalue weighted by atomic mass is 35.5. The molecule has 2 aromatic carbocycles. The minimum absolute atomic E-state index is 0.120. The van der Waals surface area contributed by atoms with Gasteiger partial charge in [-0.05, 0) is 43.2 Å². The van der Waals surface area contributed by atoms with E-state index in [0.717, 1.165) is 12.8 Å². The van der Waals surface area contributed by atoms with E-state index in [2.05, 4.69) is 10.6 Å². The lowest BCUT2D eigenvalue weighted by Gasteiger charge is -2.17. The van der Waals surface area contributed by atoms with Crippen LogP contribution in [0.15, 0.2) is 48.5 Å². The van der Waals surface area contributed by atoms with Gasteiger partial charge in [0.25, 0.3) is 5.91 Å². The maximum atomic E-state index is 12.8. The number of nitrogens with one attached hydrogen (secondary N) is 2. The summed E-state index contributed by atoms with van der Waals surface area (Å²) in [4.78, 5) is 39.1. The van der Waals surface area contributed by atoms with Crippen LogP contribution in [-0.2, 0) is 9.59 Å². The lowest BCUT2D eigenvalue weighted by Crippen LogP contribution is -2.30. The molecule has 1 atom stereocenters. The number of hydrogen-bond acceptors (Lipinski definition) is 3. The van der Waals surface area contributed by atoms with E-state index in [-0.39, 0.29) is 36.7 Å². The fraction of sp³-hybridized carbons (Fsp3) is 0.286. The Morgan fingerprint density at radius 3 is 2.61 bits per heavy atom. The number of rotatable bonds is 5. The molecule has 1 heterocycles. The predicted molar refractivity (Wildman–Crippen MR) is 107 cm³/mol. The number of carbonyl (C=O) groups excluding carboxylic acids is 3. The Hall–Kier alpha value is -2.86. The van der Waals surface area contributed by atoms with Gasteiger partial charge >= 0.3 is 0 Å². The highest BCUT2D eigenvalue weighted by Crippen LogP contribution is 2.28. The summed E-state index contributed by atoms with van der Waals surface area (Å²) in [5, 5.41) is 6.29. The first-order valence-electron chi connectivity index (χ1n) is 9.28. The molecule has 1 aliphatic heterocycles. The number of amides is 3. The fourth-order valence-corrected chi connectivity index (χ4v) is 3.48. The molecular weight excluding hydrogens is 378 g/mol. The smallest absolute Gasteiger partial charge is 0.253 e. The van der Waals surface area contributed by atoms with Crippen molar-refractivity contribution < 1.29 is 14.4 Å². The van der Waals surface area contributed by atoms with Crippen LogP contribution < -0.4 is 15.5 Å². The van der Waals surface area contributed by atoms with Gasteiger partial charge < -0.3 is 15.5 Å². The van der Waals surface area contributed by atoms with Crippen molar-refractivity contribution in [1.29, 1.82) is 0 Å². The maximum Gasteiger partial charge on any atom is 0.253 e. The third-order valence-electron chi connectivity index (χ3n) is 4.96. The molecule has 1 aliphatic carbocycles. The molecule has 28 heavy (non-hydrogen) atoms. The molecule has 3 amide bonds. The number of hydrogen-bond donors (Lipinski definition) is 2. The van der Waals surface area contributed by atoms with Crippen LogP contribution in [-0.4, -0.2) is 30.3 Å². The molecule has 0 bridgehead atoms. The van der Waals surface area contributed by atoms with Crippen molar-refractivity contribution in [3.05, 3.63) is 59.1 Å². The summed E-state index contributed by atoms with van der Waals surface area (Å²) in [6, 6.07) is 14.1. The zero-order valence-electron chi connectivity index (χ0n) is 15.2. The quantitative estimate of drug-likeness (QED) is 0.813. The van der Waals surface area contributed by atoms with Crippen LogP contribution in [0.4, 0.5) is 11.4 Å². The zero-order chi connectivity index (χ0) is 19.7.